The molecule has 3 rings (SSSR count). The molecule has 0 saturated heterocycles. The average molecular weight is 173 g/mol. The second kappa shape index (κ2) is 2.40. The number of hydrogen-bond donors (Lipinski definition) is 1. The van der Waals surface area contributed by atoms with E-state index in [2.05, 4.69) is 15.4 Å². The molecule has 1 aliphatic rings. The van der Waals surface area contributed by atoms with E-state index >= 15 is 0 Å². The summed E-state index contributed by atoms with van der Waals surface area (Å²) in [5.41, 5.74) is 5.39. The molecule has 2 heterocycles. The summed E-state index contributed by atoms with van der Waals surface area (Å²) in [5.74, 6) is 0.596. The zero-order valence-corrected chi connectivity index (χ0v) is 6.82. The van der Waals surface area contributed by atoms with Gasteiger partial charge in [-0.15, -0.1) is 5.48 Å². The van der Waals surface area contributed by atoms with Crippen molar-refractivity contribution in [1.82, 2.24) is 15.4 Å². The van der Waals surface area contributed by atoms with Gasteiger partial charge in [0.25, 0.3) is 5.88 Å². The van der Waals surface area contributed by atoms with Gasteiger partial charge in [0.05, 0.1) is 17.6 Å². The van der Waals surface area contributed by atoms with Crippen molar-refractivity contribution in [2.24, 2.45) is 0 Å². The fourth-order valence-corrected chi connectivity index (χ4v) is 1.39. The summed E-state index contributed by atoms with van der Waals surface area (Å²) < 4.78 is 0. The van der Waals surface area contributed by atoms with Gasteiger partial charge in [-0.25, -0.2) is 9.97 Å². The SMILES string of the molecule is c1ccc2nc3c(nc2c1)CNO3. The van der Waals surface area contributed by atoms with Crippen LogP contribution in [0.4, 0.5) is 0 Å². The Kier molecular flexibility index (Phi) is 1.26. The standard InChI is InChI=1S/C9H7N3O/c1-2-4-7-6(3-1)11-8-5-10-13-9(8)12-7/h1-4,10H,5H2. The first-order chi connectivity index (χ1) is 6.43. The van der Waals surface area contributed by atoms with Crippen molar-refractivity contribution < 1.29 is 4.84 Å². The summed E-state index contributed by atoms with van der Waals surface area (Å²) in [6, 6.07) is 7.75. The molecule has 4 heteroatoms. The van der Waals surface area contributed by atoms with Crippen LogP contribution in [0.3, 0.4) is 0 Å². The zero-order chi connectivity index (χ0) is 8.67. The maximum absolute atomic E-state index is 5.08. The lowest BCUT2D eigenvalue weighted by atomic mass is 10.3. The number of fused-ring (bicyclic) bond motifs is 2. The number of para-hydroxylation sites is 2. The topological polar surface area (TPSA) is 47.0 Å². The highest BCUT2D eigenvalue weighted by molar-refractivity contribution is 5.74. The fourth-order valence-electron chi connectivity index (χ4n) is 1.39. The first kappa shape index (κ1) is 6.80. The molecule has 1 aliphatic heterocycles. The molecule has 4 nitrogen and oxygen atoms in total. The lowest BCUT2D eigenvalue weighted by molar-refractivity contribution is 0.217. The molecule has 1 N–H and O–H groups in total. The Balaban J connectivity index is 2.36. The summed E-state index contributed by atoms with van der Waals surface area (Å²) in [5, 5.41) is 0. The smallest absolute Gasteiger partial charge is 0.261 e. The molecule has 2 aromatic rings. The molecule has 1 aromatic heterocycles. The van der Waals surface area contributed by atoms with Gasteiger partial charge >= 0.3 is 0 Å². The van der Waals surface area contributed by atoms with Crippen LogP contribution in [0.1, 0.15) is 5.69 Å². The molecule has 0 fully saturated rings. The molecule has 0 atom stereocenters. The maximum Gasteiger partial charge on any atom is 0.261 e. The summed E-state index contributed by atoms with van der Waals surface area (Å²) in [7, 11) is 0. The molecule has 0 amide bonds. The minimum atomic E-state index is 0.596. The van der Waals surface area contributed by atoms with E-state index in [1.807, 2.05) is 24.3 Å². The van der Waals surface area contributed by atoms with Crippen molar-refractivity contribution in [1.29, 1.82) is 0 Å². The van der Waals surface area contributed by atoms with E-state index in [4.69, 9.17) is 4.84 Å². The number of benzene rings is 1. The van der Waals surface area contributed by atoms with Crippen LogP contribution in [0.5, 0.6) is 5.88 Å². The Morgan fingerprint density at radius 2 is 1.92 bits per heavy atom. The van der Waals surface area contributed by atoms with Crippen molar-refractivity contribution in [3.8, 4) is 5.88 Å². The third kappa shape index (κ3) is 0.957. The third-order valence-corrected chi connectivity index (χ3v) is 2.01. The first-order valence-corrected chi connectivity index (χ1v) is 4.09. The quantitative estimate of drug-likeness (QED) is 0.646. The minimum Gasteiger partial charge on any atom is -0.386 e. The molecule has 0 spiro atoms. The Hall–Kier alpha value is -1.68. The van der Waals surface area contributed by atoms with Gasteiger partial charge in [-0.1, -0.05) is 12.1 Å². The van der Waals surface area contributed by atoms with Gasteiger partial charge in [-0.05, 0) is 12.1 Å². The highest BCUT2D eigenvalue weighted by Crippen LogP contribution is 2.21. The number of nitrogens with zero attached hydrogens (tertiary/aromatic N) is 2. The molecule has 0 saturated carbocycles. The lowest BCUT2D eigenvalue weighted by Gasteiger charge is -1.98. The normalized spacial score (nSPS) is 14.2. The van der Waals surface area contributed by atoms with E-state index in [-0.39, 0.29) is 0 Å². The van der Waals surface area contributed by atoms with Crippen molar-refractivity contribution in [3.63, 3.8) is 0 Å². The molecule has 13 heavy (non-hydrogen) atoms. The lowest BCUT2D eigenvalue weighted by Crippen LogP contribution is -2.08. The fraction of sp³-hybridized carbons (Fsp3) is 0.111. The Morgan fingerprint density at radius 3 is 2.77 bits per heavy atom. The second-order valence-corrected chi connectivity index (χ2v) is 2.89. The molecular formula is C9H7N3O. The first-order valence-electron chi connectivity index (χ1n) is 4.09. The van der Waals surface area contributed by atoms with Gasteiger partial charge in [0.1, 0.15) is 5.69 Å². The Bertz CT molecular complexity index is 427. The number of rotatable bonds is 0. The molecule has 0 aliphatic carbocycles. The minimum absolute atomic E-state index is 0.596. The Morgan fingerprint density at radius 1 is 1.15 bits per heavy atom. The van der Waals surface area contributed by atoms with Gasteiger partial charge in [0.15, 0.2) is 0 Å². The monoisotopic (exact) mass is 173 g/mol. The number of aromatic nitrogens is 2. The van der Waals surface area contributed by atoms with Gasteiger partial charge in [0, 0.05) is 0 Å². The molecule has 1 aromatic carbocycles. The summed E-state index contributed by atoms with van der Waals surface area (Å²) >= 11 is 0. The van der Waals surface area contributed by atoms with Crippen molar-refractivity contribution in [3.05, 3.63) is 30.0 Å². The van der Waals surface area contributed by atoms with Gasteiger partial charge in [-0.3, -0.25) is 0 Å². The second-order valence-electron chi connectivity index (χ2n) is 2.89. The van der Waals surface area contributed by atoms with E-state index in [9.17, 15) is 0 Å². The van der Waals surface area contributed by atoms with Crippen LogP contribution in [0, 0.1) is 0 Å². The van der Waals surface area contributed by atoms with E-state index in [1.165, 1.54) is 0 Å². The molecule has 0 unspecified atom stereocenters. The van der Waals surface area contributed by atoms with Gasteiger partial charge < -0.3 is 4.84 Å². The van der Waals surface area contributed by atoms with Crippen LogP contribution in [0.15, 0.2) is 24.3 Å². The van der Waals surface area contributed by atoms with E-state index < -0.39 is 0 Å². The van der Waals surface area contributed by atoms with E-state index in [1.54, 1.807) is 0 Å². The zero-order valence-electron chi connectivity index (χ0n) is 6.82. The van der Waals surface area contributed by atoms with Crippen LogP contribution in [-0.4, -0.2) is 9.97 Å². The predicted molar refractivity (Wildman–Crippen MR) is 47.0 cm³/mol. The van der Waals surface area contributed by atoms with Crippen LogP contribution in [-0.2, 0) is 6.54 Å². The van der Waals surface area contributed by atoms with Crippen molar-refractivity contribution >= 4 is 11.0 Å². The van der Waals surface area contributed by atoms with Crippen molar-refractivity contribution in [2.75, 3.05) is 0 Å². The highest BCUT2D eigenvalue weighted by Gasteiger charge is 2.15. The molecule has 64 valence electrons. The van der Waals surface area contributed by atoms with Crippen LogP contribution in [0.2, 0.25) is 0 Å². The number of hydrogen-bond acceptors (Lipinski definition) is 4. The van der Waals surface area contributed by atoms with Crippen LogP contribution >= 0.6 is 0 Å². The Labute approximate surface area is 74.5 Å². The molecule has 0 bridgehead atoms. The van der Waals surface area contributed by atoms with Crippen LogP contribution in [0.25, 0.3) is 11.0 Å². The number of nitrogens with one attached hydrogen (secondary N) is 1. The average Bonchev–Trinajstić information content (AvgIpc) is 2.61. The summed E-state index contributed by atoms with van der Waals surface area (Å²) in [4.78, 5) is 13.8. The highest BCUT2D eigenvalue weighted by atomic mass is 16.7. The molecule has 0 radical (unpaired) electrons. The van der Waals surface area contributed by atoms with E-state index in [0.29, 0.717) is 12.4 Å². The largest absolute Gasteiger partial charge is 0.386 e. The van der Waals surface area contributed by atoms with Gasteiger partial charge in [0.2, 0.25) is 0 Å². The van der Waals surface area contributed by atoms with Crippen molar-refractivity contribution in [2.45, 2.75) is 6.54 Å². The van der Waals surface area contributed by atoms with Gasteiger partial charge in [-0.2, -0.15) is 0 Å². The van der Waals surface area contributed by atoms with E-state index in [0.717, 1.165) is 16.7 Å². The molecular weight excluding hydrogens is 166 g/mol. The summed E-state index contributed by atoms with van der Waals surface area (Å²) in [6.07, 6.45) is 0. The third-order valence-electron chi connectivity index (χ3n) is 2.01. The summed E-state index contributed by atoms with van der Waals surface area (Å²) in [6.45, 7) is 0.632. The number of hydroxylamine groups is 1. The predicted octanol–water partition coefficient (Wildman–Crippen LogP) is 1.03. The van der Waals surface area contributed by atoms with Crippen LogP contribution < -0.4 is 10.3 Å². The maximum atomic E-state index is 5.08.